The Balaban J connectivity index is 1.30. The van der Waals surface area contributed by atoms with Crippen molar-refractivity contribution in [2.45, 2.75) is 56.1 Å². The van der Waals surface area contributed by atoms with E-state index in [0.717, 1.165) is 5.56 Å². The lowest BCUT2D eigenvalue weighted by Crippen LogP contribution is -2.51. The highest BCUT2D eigenvalue weighted by atomic mass is 32.2. The Hall–Kier alpha value is -3.83. The lowest BCUT2D eigenvalue weighted by Gasteiger charge is -2.31. The summed E-state index contributed by atoms with van der Waals surface area (Å²) in [6.45, 7) is 4.47. The van der Waals surface area contributed by atoms with Crippen molar-refractivity contribution in [3.8, 4) is 17.2 Å². The standard InChI is InChI=1S/C32H43N3O12S/c1-20(2)16-35(48(39,40)23-8-9-27-28(15-23)46-19-45-27)17-26(36)25(34-32(38)47-29-18-44-30-24(29)10-11-42-30)14-21-4-6-22(7-5-21)41-12-13-43-31(37)33-3/h4-9,15,20,24-26,29-30,36H,10-14,16-19H2,1-3H3,(H,33,37)(H,34,38). The van der Waals surface area contributed by atoms with Gasteiger partial charge in [0, 0.05) is 26.2 Å². The topological polar surface area (TPSA) is 180 Å². The van der Waals surface area contributed by atoms with E-state index >= 15 is 0 Å². The molecule has 264 valence electrons. The molecule has 0 saturated carbocycles. The van der Waals surface area contributed by atoms with Crippen LogP contribution >= 0.6 is 0 Å². The van der Waals surface area contributed by atoms with Crippen LogP contribution in [0.1, 0.15) is 25.8 Å². The van der Waals surface area contributed by atoms with E-state index in [1.54, 1.807) is 24.3 Å². The molecule has 0 spiro atoms. The number of rotatable bonds is 15. The number of hydrogen-bond acceptors (Lipinski definition) is 12. The van der Waals surface area contributed by atoms with E-state index in [1.165, 1.54) is 29.6 Å². The predicted molar refractivity (Wildman–Crippen MR) is 169 cm³/mol. The third-order valence-corrected chi connectivity index (χ3v) is 9.95. The Kier molecular flexibility index (Phi) is 11.9. The molecule has 0 aliphatic carbocycles. The Labute approximate surface area is 279 Å². The van der Waals surface area contributed by atoms with Crippen molar-refractivity contribution in [3.63, 3.8) is 0 Å². The highest BCUT2D eigenvalue weighted by molar-refractivity contribution is 7.89. The van der Waals surface area contributed by atoms with Gasteiger partial charge in [0.05, 0.1) is 36.2 Å². The molecule has 3 aliphatic rings. The van der Waals surface area contributed by atoms with Gasteiger partial charge in [-0.2, -0.15) is 4.31 Å². The molecule has 0 radical (unpaired) electrons. The first-order chi connectivity index (χ1) is 23.0. The van der Waals surface area contributed by atoms with Gasteiger partial charge < -0.3 is 48.9 Å². The van der Waals surface area contributed by atoms with Crippen LogP contribution < -0.4 is 24.8 Å². The number of aliphatic hydroxyl groups excluding tert-OH is 1. The predicted octanol–water partition coefficient (Wildman–Crippen LogP) is 2.26. The summed E-state index contributed by atoms with van der Waals surface area (Å²) >= 11 is 0. The average Bonchev–Trinajstić information content (AvgIpc) is 3.81. The molecule has 5 rings (SSSR count). The van der Waals surface area contributed by atoms with Gasteiger partial charge in [-0.05, 0) is 48.6 Å². The molecule has 5 atom stereocenters. The van der Waals surface area contributed by atoms with Gasteiger partial charge in [0.1, 0.15) is 25.1 Å². The molecule has 16 heteroatoms. The average molecular weight is 694 g/mol. The summed E-state index contributed by atoms with van der Waals surface area (Å²) in [6, 6.07) is 10.4. The van der Waals surface area contributed by atoms with Gasteiger partial charge in [-0.3, -0.25) is 0 Å². The summed E-state index contributed by atoms with van der Waals surface area (Å²) in [5.41, 5.74) is 0.732. The van der Waals surface area contributed by atoms with E-state index in [4.69, 9.17) is 33.2 Å². The highest BCUT2D eigenvalue weighted by Gasteiger charge is 2.44. The van der Waals surface area contributed by atoms with Crippen molar-refractivity contribution in [2.75, 3.05) is 53.4 Å². The molecule has 0 aromatic heterocycles. The van der Waals surface area contributed by atoms with Crippen molar-refractivity contribution in [1.29, 1.82) is 0 Å². The number of sulfonamides is 1. The SMILES string of the molecule is CNC(=O)OCCOc1ccc(CC(NC(=O)OC2COC3OCCC23)C(O)CN(CC(C)C)S(=O)(=O)c2ccc3c(c2)OCO3)cc1. The number of nitrogens with zero attached hydrogens (tertiary/aromatic N) is 1. The van der Waals surface area contributed by atoms with Gasteiger partial charge in [0.15, 0.2) is 17.8 Å². The maximum absolute atomic E-state index is 13.9. The van der Waals surface area contributed by atoms with E-state index < -0.39 is 46.7 Å². The second-order valence-electron chi connectivity index (χ2n) is 12.1. The van der Waals surface area contributed by atoms with Crippen LogP contribution in [-0.4, -0.2) is 108 Å². The lowest BCUT2D eigenvalue weighted by molar-refractivity contribution is -0.0907. The van der Waals surface area contributed by atoms with Crippen LogP contribution in [0.25, 0.3) is 0 Å². The third-order valence-electron chi connectivity index (χ3n) is 8.12. The first kappa shape index (κ1) is 35.5. The Bertz CT molecular complexity index is 1510. The Morgan fingerprint density at radius 3 is 2.54 bits per heavy atom. The fraction of sp³-hybridized carbons (Fsp3) is 0.562. The molecule has 2 amide bonds. The fourth-order valence-corrected chi connectivity index (χ4v) is 7.33. The Morgan fingerprint density at radius 1 is 1.02 bits per heavy atom. The highest BCUT2D eigenvalue weighted by Crippen LogP contribution is 2.35. The molecule has 2 saturated heterocycles. The van der Waals surface area contributed by atoms with Gasteiger partial charge in [-0.25, -0.2) is 18.0 Å². The maximum atomic E-state index is 13.9. The first-order valence-corrected chi connectivity index (χ1v) is 17.3. The molecule has 2 aromatic rings. The van der Waals surface area contributed by atoms with E-state index in [0.29, 0.717) is 30.3 Å². The molecule has 2 aromatic carbocycles. The van der Waals surface area contributed by atoms with Gasteiger partial charge in [-0.15, -0.1) is 0 Å². The van der Waals surface area contributed by atoms with Crippen LogP contribution in [-0.2, 0) is 35.4 Å². The number of amides is 2. The summed E-state index contributed by atoms with van der Waals surface area (Å²) in [5.74, 6) is 1.14. The number of benzene rings is 2. The van der Waals surface area contributed by atoms with E-state index in [1.807, 2.05) is 13.8 Å². The molecule has 15 nitrogen and oxygen atoms in total. The van der Waals surface area contributed by atoms with E-state index in [-0.39, 0.29) is 62.9 Å². The summed E-state index contributed by atoms with van der Waals surface area (Å²) in [6.07, 6.45) is -2.73. The van der Waals surface area contributed by atoms with Crippen molar-refractivity contribution >= 4 is 22.2 Å². The molecular weight excluding hydrogens is 650 g/mol. The first-order valence-electron chi connectivity index (χ1n) is 15.9. The molecule has 3 N–H and O–H groups in total. The number of aliphatic hydroxyl groups is 1. The van der Waals surface area contributed by atoms with Crippen molar-refractivity contribution < 1.29 is 56.3 Å². The molecule has 3 heterocycles. The number of carbonyl (C=O) groups is 2. The van der Waals surface area contributed by atoms with E-state index in [9.17, 15) is 23.1 Å². The zero-order chi connectivity index (χ0) is 34.3. The van der Waals surface area contributed by atoms with Crippen LogP contribution in [0.5, 0.6) is 17.2 Å². The second-order valence-corrected chi connectivity index (χ2v) is 14.0. The third kappa shape index (κ3) is 8.99. The fourth-order valence-electron chi connectivity index (χ4n) is 5.70. The number of nitrogens with one attached hydrogen (secondary N) is 2. The minimum atomic E-state index is -4.09. The minimum absolute atomic E-state index is 0.00266. The van der Waals surface area contributed by atoms with Crippen LogP contribution in [0.4, 0.5) is 9.59 Å². The number of fused-ring (bicyclic) bond motifs is 2. The van der Waals surface area contributed by atoms with Crippen LogP contribution in [0, 0.1) is 11.8 Å². The summed E-state index contributed by atoms with van der Waals surface area (Å²) < 4.78 is 67.1. The molecule has 3 aliphatic heterocycles. The maximum Gasteiger partial charge on any atom is 0.407 e. The van der Waals surface area contributed by atoms with Crippen molar-refractivity contribution in [2.24, 2.45) is 11.8 Å². The Morgan fingerprint density at radius 2 is 1.79 bits per heavy atom. The largest absolute Gasteiger partial charge is 0.490 e. The molecule has 48 heavy (non-hydrogen) atoms. The smallest absolute Gasteiger partial charge is 0.407 e. The van der Waals surface area contributed by atoms with Crippen LogP contribution in [0.3, 0.4) is 0 Å². The van der Waals surface area contributed by atoms with Gasteiger partial charge >= 0.3 is 12.2 Å². The number of carbonyl (C=O) groups excluding carboxylic acids is 2. The van der Waals surface area contributed by atoms with Crippen LogP contribution in [0.2, 0.25) is 0 Å². The zero-order valence-electron chi connectivity index (χ0n) is 27.2. The molecule has 5 unspecified atom stereocenters. The number of ether oxygens (including phenoxy) is 7. The summed E-state index contributed by atoms with van der Waals surface area (Å²) in [7, 11) is -2.63. The van der Waals surface area contributed by atoms with E-state index in [2.05, 4.69) is 10.6 Å². The number of hydrogen-bond donors (Lipinski definition) is 3. The monoisotopic (exact) mass is 693 g/mol. The second kappa shape index (κ2) is 16.0. The van der Waals surface area contributed by atoms with Crippen molar-refractivity contribution in [1.82, 2.24) is 14.9 Å². The zero-order valence-corrected chi connectivity index (χ0v) is 28.0. The minimum Gasteiger partial charge on any atom is -0.490 e. The summed E-state index contributed by atoms with van der Waals surface area (Å²) in [5, 5.41) is 16.7. The van der Waals surface area contributed by atoms with Crippen molar-refractivity contribution in [3.05, 3.63) is 48.0 Å². The molecular formula is C32H43N3O12S. The normalized spacial score (nSPS) is 21.1. The quantitative estimate of drug-likeness (QED) is 0.232. The number of alkyl carbamates (subject to hydrolysis) is 2. The molecule has 2 fully saturated rings. The van der Waals surface area contributed by atoms with Crippen LogP contribution in [0.15, 0.2) is 47.4 Å². The van der Waals surface area contributed by atoms with Gasteiger partial charge in [0.25, 0.3) is 0 Å². The van der Waals surface area contributed by atoms with Gasteiger partial charge in [-0.1, -0.05) is 26.0 Å². The summed E-state index contributed by atoms with van der Waals surface area (Å²) in [4.78, 5) is 24.4. The van der Waals surface area contributed by atoms with Gasteiger partial charge in [0.2, 0.25) is 16.8 Å². The molecule has 0 bridgehead atoms. The lowest BCUT2D eigenvalue weighted by atomic mass is 10.0.